The van der Waals surface area contributed by atoms with Crippen LogP contribution < -0.4 is 0 Å². The molecule has 0 radical (unpaired) electrons. The molecule has 72 valence electrons. The van der Waals surface area contributed by atoms with Crippen LogP contribution in [0.5, 0.6) is 0 Å². The Hall–Kier alpha value is -0.900. The molecule has 0 aliphatic heterocycles. The molecule has 4 heteroatoms. The van der Waals surface area contributed by atoms with Gasteiger partial charge in [0.1, 0.15) is 5.82 Å². The van der Waals surface area contributed by atoms with Crippen LogP contribution in [-0.2, 0) is 9.84 Å². The van der Waals surface area contributed by atoms with E-state index in [4.69, 9.17) is 0 Å². The van der Waals surface area contributed by atoms with Gasteiger partial charge in [0.05, 0.1) is 5.25 Å². The van der Waals surface area contributed by atoms with Crippen LogP contribution in [0.15, 0.2) is 24.3 Å². The fourth-order valence-corrected chi connectivity index (χ4v) is 1.69. The van der Waals surface area contributed by atoms with Crippen LogP contribution >= 0.6 is 0 Å². The van der Waals surface area contributed by atoms with Gasteiger partial charge in [0.25, 0.3) is 0 Å². The molecule has 0 saturated carbocycles. The molecule has 0 aromatic heterocycles. The van der Waals surface area contributed by atoms with Gasteiger partial charge in [-0.25, -0.2) is 12.8 Å². The molecular formula is C9H11FO2S. The Morgan fingerprint density at radius 1 is 1.31 bits per heavy atom. The van der Waals surface area contributed by atoms with E-state index in [-0.39, 0.29) is 5.56 Å². The molecule has 0 N–H and O–H groups in total. The second-order valence-electron chi connectivity index (χ2n) is 2.99. The fraction of sp³-hybridized carbons (Fsp3) is 0.333. The van der Waals surface area contributed by atoms with Crippen LogP contribution in [0.4, 0.5) is 4.39 Å². The number of sulfone groups is 1. The van der Waals surface area contributed by atoms with E-state index in [1.54, 1.807) is 6.07 Å². The summed E-state index contributed by atoms with van der Waals surface area (Å²) >= 11 is 0. The lowest BCUT2D eigenvalue weighted by Gasteiger charge is -2.09. The van der Waals surface area contributed by atoms with E-state index in [0.29, 0.717) is 0 Å². The summed E-state index contributed by atoms with van der Waals surface area (Å²) in [5, 5.41) is -0.784. The van der Waals surface area contributed by atoms with Gasteiger partial charge in [-0.2, -0.15) is 0 Å². The van der Waals surface area contributed by atoms with Crippen LogP contribution in [-0.4, -0.2) is 14.7 Å². The highest BCUT2D eigenvalue weighted by Gasteiger charge is 2.19. The smallest absolute Gasteiger partial charge is 0.154 e. The van der Waals surface area contributed by atoms with E-state index in [0.717, 1.165) is 6.26 Å². The molecule has 0 bridgehead atoms. The minimum Gasteiger partial charge on any atom is -0.229 e. The van der Waals surface area contributed by atoms with Crippen molar-refractivity contribution in [3.63, 3.8) is 0 Å². The molecule has 0 fully saturated rings. The van der Waals surface area contributed by atoms with Gasteiger partial charge in [0.15, 0.2) is 9.84 Å². The largest absolute Gasteiger partial charge is 0.229 e. The first-order valence-electron chi connectivity index (χ1n) is 3.86. The second kappa shape index (κ2) is 3.46. The summed E-state index contributed by atoms with van der Waals surface area (Å²) in [4.78, 5) is 0. The molecule has 0 heterocycles. The molecule has 0 aliphatic carbocycles. The Labute approximate surface area is 77.3 Å². The zero-order chi connectivity index (χ0) is 10.1. The highest BCUT2D eigenvalue weighted by molar-refractivity contribution is 7.90. The van der Waals surface area contributed by atoms with Gasteiger partial charge >= 0.3 is 0 Å². The third-order valence-corrected chi connectivity index (χ3v) is 3.52. The molecule has 0 aliphatic rings. The summed E-state index contributed by atoms with van der Waals surface area (Å²) in [5.74, 6) is -0.472. The van der Waals surface area contributed by atoms with Crippen LogP contribution in [0.25, 0.3) is 0 Å². The molecule has 0 amide bonds. The minimum atomic E-state index is -3.22. The lowest BCUT2D eigenvalue weighted by molar-refractivity contribution is 0.578. The van der Waals surface area contributed by atoms with Crippen molar-refractivity contribution in [1.29, 1.82) is 0 Å². The van der Waals surface area contributed by atoms with E-state index < -0.39 is 20.9 Å². The standard InChI is InChI=1S/C9H11FO2S/c1-7(13(2,11)12)8-5-3-4-6-9(8)10/h3-7H,1-2H3/t7-/m0/s1. The molecule has 1 aromatic rings. The predicted molar refractivity (Wildman–Crippen MR) is 49.7 cm³/mol. The lowest BCUT2D eigenvalue weighted by atomic mass is 10.1. The Morgan fingerprint density at radius 3 is 2.31 bits per heavy atom. The SMILES string of the molecule is C[C@@H](c1ccccc1F)S(C)(=O)=O. The van der Waals surface area contributed by atoms with Crippen molar-refractivity contribution < 1.29 is 12.8 Å². The Bertz CT molecular complexity index is 398. The van der Waals surface area contributed by atoms with Crippen LogP contribution in [0.2, 0.25) is 0 Å². The summed E-state index contributed by atoms with van der Waals surface area (Å²) in [7, 11) is -3.22. The molecule has 2 nitrogen and oxygen atoms in total. The number of rotatable bonds is 2. The van der Waals surface area contributed by atoms with Gasteiger partial charge in [-0.15, -0.1) is 0 Å². The Morgan fingerprint density at radius 2 is 1.85 bits per heavy atom. The summed E-state index contributed by atoms with van der Waals surface area (Å²) in [6.45, 7) is 1.48. The van der Waals surface area contributed by atoms with Crippen LogP contribution in [0.3, 0.4) is 0 Å². The molecule has 0 spiro atoms. The van der Waals surface area contributed by atoms with E-state index in [2.05, 4.69) is 0 Å². The molecule has 1 rings (SSSR count). The highest BCUT2D eigenvalue weighted by atomic mass is 32.2. The van der Waals surface area contributed by atoms with E-state index in [1.807, 2.05) is 0 Å². The zero-order valence-electron chi connectivity index (χ0n) is 7.49. The average molecular weight is 202 g/mol. The summed E-state index contributed by atoms with van der Waals surface area (Å²) < 4.78 is 35.3. The first-order chi connectivity index (χ1) is 5.93. The van der Waals surface area contributed by atoms with Gasteiger partial charge in [-0.1, -0.05) is 18.2 Å². The summed E-state index contributed by atoms with van der Waals surface area (Å²) in [5.41, 5.74) is 0.227. The zero-order valence-corrected chi connectivity index (χ0v) is 8.31. The summed E-state index contributed by atoms with van der Waals surface area (Å²) in [6, 6.07) is 5.91. The van der Waals surface area contributed by atoms with Crippen molar-refractivity contribution in [3.8, 4) is 0 Å². The topological polar surface area (TPSA) is 34.1 Å². The van der Waals surface area contributed by atoms with Crippen molar-refractivity contribution >= 4 is 9.84 Å². The number of hydrogen-bond donors (Lipinski definition) is 0. The molecule has 0 unspecified atom stereocenters. The van der Waals surface area contributed by atoms with Gasteiger partial charge in [0, 0.05) is 11.8 Å². The maximum Gasteiger partial charge on any atom is 0.154 e. The monoisotopic (exact) mass is 202 g/mol. The van der Waals surface area contributed by atoms with Crippen molar-refractivity contribution in [2.45, 2.75) is 12.2 Å². The van der Waals surface area contributed by atoms with Crippen molar-refractivity contribution in [2.24, 2.45) is 0 Å². The number of hydrogen-bond acceptors (Lipinski definition) is 2. The molecule has 0 saturated heterocycles. The third kappa shape index (κ3) is 2.28. The first-order valence-corrected chi connectivity index (χ1v) is 5.81. The Kier molecular flexibility index (Phi) is 2.71. The maximum atomic E-state index is 13.1. The van der Waals surface area contributed by atoms with E-state index in [9.17, 15) is 12.8 Å². The second-order valence-corrected chi connectivity index (χ2v) is 5.36. The predicted octanol–water partition coefficient (Wildman–Crippen LogP) is 1.93. The van der Waals surface area contributed by atoms with Crippen LogP contribution in [0.1, 0.15) is 17.7 Å². The first kappa shape index (κ1) is 10.2. The van der Waals surface area contributed by atoms with Crippen molar-refractivity contribution in [2.75, 3.05) is 6.26 Å². The number of benzene rings is 1. The van der Waals surface area contributed by atoms with E-state index in [1.165, 1.54) is 25.1 Å². The van der Waals surface area contributed by atoms with Crippen molar-refractivity contribution in [1.82, 2.24) is 0 Å². The van der Waals surface area contributed by atoms with Gasteiger partial charge < -0.3 is 0 Å². The van der Waals surface area contributed by atoms with Crippen LogP contribution in [0, 0.1) is 5.82 Å². The van der Waals surface area contributed by atoms with Gasteiger partial charge in [0.2, 0.25) is 0 Å². The van der Waals surface area contributed by atoms with Crippen molar-refractivity contribution in [3.05, 3.63) is 35.6 Å². The average Bonchev–Trinajstić information content (AvgIpc) is 2.02. The molecule has 13 heavy (non-hydrogen) atoms. The third-order valence-electron chi connectivity index (χ3n) is 1.99. The Balaban J connectivity index is 3.17. The number of halogens is 1. The van der Waals surface area contributed by atoms with Gasteiger partial charge in [-0.05, 0) is 13.0 Å². The summed E-state index contributed by atoms with van der Waals surface area (Å²) in [6.07, 6.45) is 1.10. The van der Waals surface area contributed by atoms with Gasteiger partial charge in [-0.3, -0.25) is 0 Å². The normalized spacial score (nSPS) is 14.1. The lowest BCUT2D eigenvalue weighted by Crippen LogP contribution is -2.09. The highest BCUT2D eigenvalue weighted by Crippen LogP contribution is 2.22. The molecule has 1 aromatic carbocycles. The fourth-order valence-electron chi connectivity index (χ4n) is 1.04. The molecular weight excluding hydrogens is 191 g/mol. The quantitative estimate of drug-likeness (QED) is 0.734. The minimum absolute atomic E-state index is 0.227. The maximum absolute atomic E-state index is 13.1. The molecule has 1 atom stereocenters. The van der Waals surface area contributed by atoms with E-state index >= 15 is 0 Å².